The molecule has 1 unspecified atom stereocenters. The minimum absolute atomic E-state index is 0.0473. The van der Waals surface area contributed by atoms with E-state index in [4.69, 9.17) is 10.5 Å². The summed E-state index contributed by atoms with van der Waals surface area (Å²) >= 11 is 1.66. The van der Waals surface area contributed by atoms with Crippen LogP contribution in [0, 0.1) is 0 Å². The van der Waals surface area contributed by atoms with Crippen LogP contribution in [0.4, 0.5) is 5.69 Å². The molecule has 0 aliphatic rings. The molecule has 1 aromatic heterocycles. The Morgan fingerprint density at radius 3 is 2.86 bits per heavy atom. The second-order valence-corrected chi connectivity index (χ2v) is 5.77. The van der Waals surface area contributed by atoms with Gasteiger partial charge in [-0.2, -0.15) is 0 Å². The maximum atomic E-state index is 12.4. The predicted octanol–water partition coefficient (Wildman–Crippen LogP) is 3.61. The van der Waals surface area contributed by atoms with Crippen LogP contribution in [0.15, 0.2) is 35.7 Å². The van der Waals surface area contributed by atoms with Crippen molar-refractivity contribution in [3.05, 3.63) is 46.2 Å². The van der Waals surface area contributed by atoms with E-state index in [9.17, 15) is 4.79 Å². The van der Waals surface area contributed by atoms with Crippen molar-refractivity contribution in [2.24, 2.45) is 0 Å². The molecule has 2 rings (SSSR count). The molecule has 3 N–H and O–H groups in total. The zero-order chi connectivity index (χ0) is 15.2. The zero-order valence-corrected chi connectivity index (χ0v) is 13.1. The maximum absolute atomic E-state index is 12.4. The fourth-order valence-electron chi connectivity index (χ4n) is 2.16. The van der Waals surface area contributed by atoms with Gasteiger partial charge in [-0.25, -0.2) is 0 Å². The lowest BCUT2D eigenvalue weighted by Gasteiger charge is -2.17. The molecule has 1 amide bonds. The predicted molar refractivity (Wildman–Crippen MR) is 86.8 cm³/mol. The van der Waals surface area contributed by atoms with Gasteiger partial charge in [0.1, 0.15) is 5.75 Å². The summed E-state index contributed by atoms with van der Waals surface area (Å²) in [7, 11) is 1.54. The molecule has 21 heavy (non-hydrogen) atoms. The molecule has 0 saturated heterocycles. The lowest BCUT2D eigenvalue weighted by Crippen LogP contribution is -2.28. The van der Waals surface area contributed by atoms with Crippen molar-refractivity contribution in [1.82, 2.24) is 5.32 Å². The van der Waals surface area contributed by atoms with Gasteiger partial charge in [0.05, 0.1) is 18.8 Å². The molecule has 1 aromatic carbocycles. The van der Waals surface area contributed by atoms with Crippen molar-refractivity contribution >= 4 is 22.9 Å². The zero-order valence-electron chi connectivity index (χ0n) is 12.3. The summed E-state index contributed by atoms with van der Waals surface area (Å²) in [6, 6.07) is 9.17. The van der Waals surface area contributed by atoms with Crippen LogP contribution in [0.25, 0.3) is 0 Å². The highest BCUT2D eigenvalue weighted by Gasteiger charge is 2.16. The Hall–Kier alpha value is -2.01. The highest BCUT2D eigenvalue weighted by Crippen LogP contribution is 2.25. The summed E-state index contributed by atoms with van der Waals surface area (Å²) in [5.74, 6) is 0.408. The molecule has 5 heteroatoms. The number of rotatable bonds is 6. The Bertz CT molecular complexity index is 596. The molecular formula is C16H20N2O2S. The van der Waals surface area contributed by atoms with E-state index in [0.717, 1.165) is 12.8 Å². The molecule has 4 nitrogen and oxygen atoms in total. The number of nitrogens with two attached hydrogens (primary N) is 1. The first-order valence-corrected chi connectivity index (χ1v) is 7.81. The fourth-order valence-corrected chi connectivity index (χ4v) is 2.97. The highest BCUT2D eigenvalue weighted by molar-refractivity contribution is 7.10. The molecule has 0 bridgehead atoms. The average Bonchev–Trinajstić information content (AvgIpc) is 3.01. The molecule has 1 atom stereocenters. The van der Waals surface area contributed by atoms with Gasteiger partial charge in [0.25, 0.3) is 5.91 Å². The molecule has 112 valence electrons. The van der Waals surface area contributed by atoms with E-state index in [2.05, 4.69) is 18.3 Å². The highest BCUT2D eigenvalue weighted by atomic mass is 32.1. The number of methoxy groups -OCH3 is 1. The van der Waals surface area contributed by atoms with Crippen LogP contribution in [0.2, 0.25) is 0 Å². The third-order valence-corrected chi connectivity index (χ3v) is 4.25. The van der Waals surface area contributed by atoms with Gasteiger partial charge in [-0.1, -0.05) is 19.4 Å². The summed E-state index contributed by atoms with van der Waals surface area (Å²) in [6.45, 7) is 2.11. The molecule has 0 radical (unpaired) electrons. The lowest BCUT2D eigenvalue weighted by atomic mass is 10.1. The molecule has 0 spiro atoms. The summed E-state index contributed by atoms with van der Waals surface area (Å²) < 4.78 is 5.16. The Labute approximate surface area is 128 Å². The van der Waals surface area contributed by atoms with E-state index in [1.54, 1.807) is 36.6 Å². The smallest absolute Gasteiger partial charge is 0.251 e. The first kappa shape index (κ1) is 15.4. The number of benzene rings is 1. The van der Waals surface area contributed by atoms with E-state index in [1.165, 1.54) is 4.88 Å². The molecule has 0 fully saturated rings. The van der Waals surface area contributed by atoms with Crippen molar-refractivity contribution in [1.29, 1.82) is 0 Å². The van der Waals surface area contributed by atoms with Crippen LogP contribution in [-0.4, -0.2) is 13.0 Å². The maximum Gasteiger partial charge on any atom is 0.251 e. The number of hydrogen-bond donors (Lipinski definition) is 2. The number of ether oxygens (including phenoxy) is 1. The number of thiophene rings is 1. The van der Waals surface area contributed by atoms with Gasteiger partial charge in [-0.05, 0) is 36.1 Å². The Morgan fingerprint density at radius 1 is 1.43 bits per heavy atom. The van der Waals surface area contributed by atoms with E-state index in [1.807, 2.05) is 11.4 Å². The van der Waals surface area contributed by atoms with Crippen LogP contribution in [0.1, 0.15) is 41.0 Å². The quantitative estimate of drug-likeness (QED) is 0.801. The number of carbonyl (C=O) groups excluding carboxylic acids is 1. The van der Waals surface area contributed by atoms with Crippen molar-refractivity contribution in [3.63, 3.8) is 0 Å². The molecule has 1 heterocycles. The van der Waals surface area contributed by atoms with Crippen LogP contribution < -0.4 is 15.8 Å². The number of nitrogens with one attached hydrogen (secondary N) is 1. The third kappa shape index (κ3) is 3.76. The van der Waals surface area contributed by atoms with Crippen molar-refractivity contribution in [3.8, 4) is 5.75 Å². The lowest BCUT2D eigenvalue weighted by molar-refractivity contribution is 0.0935. The standard InChI is InChI=1S/C16H20N2O2S/c1-3-5-13(15-6-4-9-21-15)18-16(19)11-7-8-12(17)14(10-11)20-2/h4,6-10,13H,3,5,17H2,1-2H3,(H,18,19). The van der Waals surface area contributed by atoms with Gasteiger partial charge in [0.2, 0.25) is 0 Å². The van der Waals surface area contributed by atoms with Crippen LogP contribution in [0.5, 0.6) is 5.75 Å². The van der Waals surface area contributed by atoms with Gasteiger partial charge in [0, 0.05) is 10.4 Å². The summed E-state index contributed by atoms with van der Waals surface area (Å²) in [4.78, 5) is 13.6. The molecule has 2 aromatic rings. The van der Waals surface area contributed by atoms with Gasteiger partial charge in [0.15, 0.2) is 0 Å². The topological polar surface area (TPSA) is 64.4 Å². The van der Waals surface area contributed by atoms with Gasteiger partial charge in [-0.15, -0.1) is 11.3 Å². The number of amides is 1. The first-order chi connectivity index (χ1) is 10.2. The average molecular weight is 304 g/mol. The van der Waals surface area contributed by atoms with Crippen LogP contribution in [0.3, 0.4) is 0 Å². The molecular weight excluding hydrogens is 284 g/mol. The number of carbonyl (C=O) groups is 1. The van der Waals surface area contributed by atoms with Crippen molar-refractivity contribution in [2.75, 3.05) is 12.8 Å². The molecule has 0 saturated carbocycles. The Morgan fingerprint density at radius 2 is 2.24 bits per heavy atom. The van der Waals surface area contributed by atoms with Crippen LogP contribution in [-0.2, 0) is 0 Å². The summed E-state index contributed by atoms with van der Waals surface area (Å²) in [6.07, 6.45) is 1.92. The van der Waals surface area contributed by atoms with Gasteiger partial charge >= 0.3 is 0 Å². The second-order valence-electron chi connectivity index (χ2n) is 4.79. The molecule has 0 aliphatic heterocycles. The van der Waals surface area contributed by atoms with Gasteiger partial charge < -0.3 is 15.8 Å². The SMILES string of the molecule is CCCC(NC(=O)c1ccc(N)c(OC)c1)c1cccs1. The van der Waals surface area contributed by atoms with E-state index >= 15 is 0 Å². The Balaban J connectivity index is 2.15. The van der Waals surface area contributed by atoms with E-state index < -0.39 is 0 Å². The third-order valence-electron chi connectivity index (χ3n) is 3.26. The van der Waals surface area contributed by atoms with Crippen LogP contribution >= 0.6 is 11.3 Å². The summed E-state index contributed by atoms with van der Waals surface area (Å²) in [5.41, 5.74) is 6.85. The van der Waals surface area contributed by atoms with Crippen molar-refractivity contribution in [2.45, 2.75) is 25.8 Å². The Kier molecular flexibility index (Phi) is 5.22. The minimum atomic E-state index is -0.111. The monoisotopic (exact) mass is 304 g/mol. The van der Waals surface area contributed by atoms with Crippen molar-refractivity contribution < 1.29 is 9.53 Å². The summed E-state index contributed by atoms with van der Waals surface area (Å²) in [5, 5.41) is 5.11. The number of anilines is 1. The number of nitrogen functional groups attached to an aromatic ring is 1. The van der Waals surface area contributed by atoms with E-state index in [0.29, 0.717) is 17.0 Å². The fraction of sp³-hybridized carbons (Fsp3) is 0.312. The number of hydrogen-bond acceptors (Lipinski definition) is 4. The largest absolute Gasteiger partial charge is 0.495 e. The second kappa shape index (κ2) is 7.13. The first-order valence-electron chi connectivity index (χ1n) is 6.93. The minimum Gasteiger partial charge on any atom is -0.495 e. The normalized spacial score (nSPS) is 11.9. The molecule has 0 aliphatic carbocycles. The van der Waals surface area contributed by atoms with E-state index in [-0.39, 0.29) is 11.9 Å². The van der Waals surface area contributed by atoms with Gasteiger partial charge in [-0.3, -0.25) is 4.79 Å².